The number of aromatic amines is 2. The minimum absolute atomic E-state index is 0.0814. The van der Waals surface area contributed by atoms with E-state index in [2.05, 4.69) is 36.5 Å². The number of carbonyl (C=O) groups is 1. The molecule has 2 atom stereocenters. The minimum Gasteiger partial charge on any atom is -0.481 e. The summed E-state index contributed by atoms with van der Waals surface area (Å²) in [4.78, 5) is 42.1. The molecule has 0 unspecified atom stereocenters. The van der Waals surface area contributed by atoms with E-state index < -0.39 is 17.5 Å². The van der Waals surface area contributed by atoms with Gasteiger partial charge in [0.1, 0.15) is 5.22 Å². The van der Waals surface area contributed by atoms with Crippen molar-refractivity contribution in [1.29, 1.82) is 0 Å². The lowest BCUT2D eigenvalue weighted by Crippen LogP contribution is -2.42. The lowest BCUT2D eigenvalue weighted by Gasteiger charge is -2.16. The number of aromatic hydroxyl groups is 1. The molecule has 216 valence electrons. The maximum absolute atomic E-state index is 13.4. The number of carboxylic acid groups (broad SMARTS) is 1. The van der Waals surface area contributed by atoms with Gasteiger partial charge in [0.15, 0.2) is 0 Å². The number of aliphatic imine (C=N–C) groups is 1. The van der Waals surface area contributed by atoms with Crippen molar-refractivity contribution in [2.45, 2.75) is 60.3 Å². The number of rotatable bonds is 5. The van der Waals surface area contributed by atoms with E-state index in [1.165, 1.54) is 5.56 Å². The van der Waals surface area contributed by atoms with Gasteiger partial charge >= 0.3 is 11.6 Å². The fourth-order valence-electron chi connectivity index (χ4n) is 6.69. The fraction of sp³-hybridized carbons (Fsp3) is 0.333. The van der Waals surface area contributed by atoms with E-state index in [1.54, 1.807) is 0 Å². The molecule has 0 aromatic carbocycles. The first-order valence-corrected chi connectivity index (χ1v) is 14.3. The number of hydrogen-bond acceptors (Lipinski definition) is 6. The highest BCUT2D eigenvalue weighted by molar-refractivity contribution is 6.15. The van der Waals surface area contributed by atoms with Crippen LogP contribution in [0.2, 0.25) is 0 Å². The van der Waals surface area contributed by atoms with Crippen molar-refractivity contribution in [3.8, 4) is 5.95 Å². The second-order valence-corrected chi connectivity index (χ2v) is 11.4. The van der Waals surface area contributed by atoms with E-state index >= 15 is 0 Å². The number of aliphatic carboxylic acids is 1. The Morgan fingerprint density at radius 3 is 2.62 bits per heavy atom. The Balaban J connectivity index is 1.76. The third-order valence-electron chi connectivity index (χ3n) is 9.09. The zero-order chi connectivity index (χ0) is 30.0. The van der Waals surface area contributed by atoms with Gasteiger partial charge in [0.25, 0.3) is 5.95 Å². The molecule has 9 heteroatoms. The number of hydrogen-bond donors (Lipinski definition) is 4. The van der Waals surface area contributed by atoms with E-state index in [0.717, 1.165) is 56.5 Å². The van der Waals surface area contributed by atoms with Crippen molar-refractivity contribution < 1.29 is 19.4 Å². The third-order valence-corrected chi connectivity index (χ3v) is 9.09. The molecule has 9 nitrogen and oxygen atoms in total. The number of fused-ring (bicyclic) bond motifs is 6. The Kier molecular flexibility index (Phi) is 6.55. The molecule has 3 aromatic heterocycles. The van der Waals surface area contributed by atoms with Gasteiger partial charge in [-0.1, -0.05) is 26.5 Å². The van der Waals surface area contributed by atoms with Crippen molar-refractivity contribution in [2.75, 3.05) is 0 Å². The molecular formula is C33H34N4O5. The molecule has 0 radical (unpaired) electrons. The van der Waals surface area contributed by atoms with Gasteiger partial charge in [-0.15, -0.1) is 0 Å². The Hall–Kier alpha value is -4.66. The van der Waals surface area contributed by atoms with Crippen LogP contribution in [0.4, 0.5) is 0 Å². The number of allylic oxidation sites excluding steroid dienone is 2. The van der Waals surface area contributed by atoms with Gasteiger partial charge in [0, 0.05) is 58.0 Å². The molecule has 6 rings (SSSR count). The van der Waals surface area contributed by atoms with Crippen LogP contribution in [0.15, 0.2) is 31.5 Å². The zero-order valence-electron chi connectivity index (χ0n) is 24.4. The average Bonchev–Trinajstić information content (AvgIpc) is 3.61. The summed E-state index contributed by atoms with van der Waals surface area (Å²) in [6, 6.07) is 0. The third kappa shape index (κ3) is 4.14. The number of nitrogens with zero attached hydrogens (tertiary/aromatic N) is 2. The molecule has 0 aliphatic carbocycles. The maximum atomic E-state index is 13.4. The summed E-state index contributed by atoms with van der Waals surface area (Å²) in [5.41, 5.74) is 8.54. The molecule has 3 aliphatic rings. The molecule has 0 fully saturated rings. The molecule has 0 spiro atoms. The summed E-state index contributed by atoms with van der Waals surface area (Å²) in [5, 5.41) is 22.6. The molecule has 3 aliphatic heterocycles. The predicted molar refractivity (Wildman–Crippen MR) is 162 cm³/mol. The summed E-state index contributed by atoms with van der Waals surface area (Å²) in [6.45, 7) is 14.2. The highest BCUT2D eigenvalue weighted by Gasteiger charge is 2.34. The topological polar surface area (TPSA) is 144 Å². The van der Waals surface area contributed by atoms with Crippen LogP contribution in [0.1, 0.15) is 72.8 Å². The van der Waals surface area contributed by atoms with Crippen LogP contribution in [-0.2, 0) is 17.6 Å². The molecule has 0 amide bonds. The highest BCUT2D eigenvalue weighted by Crippen LogP contribution is 2.36. The number of H-pyrrole nitrogens is 2. The molecule has 0 saturated heterocycles. The second-order valence-electron chi connectivity index (χ2n) is 11.4. The van der Waals surface area contributed by atoms with E-state index in [4.69, 9.17) is 14.4 Å². The SMILES string of the molecule is C=Cc1c(C)c2[nH]c1=Cc1[nH]c(c(CC)c1C)CC1=C(C)c3c(O)oc(=O)c(c3=N1)=C1N=C(C=2)[C@H](C)[C@H]1CCC(=O)O. The molecule has 42 heavy (non-hydrogen) atoms. The van der Waals surface area contributed by atoms with Gasteiger partial charge in [-0.3, -0.25) is 14.8 Å². The lowest BCUT2D eigenvalue weighted by atomic mass is 9.86. The first kappa shape index (κ1) is 27.5. The summed E-state index contributed by atoms with van der Waals surface area (Å²) in [5.74, 6) is -1.95. The second kappa shape index (κ2) is 10.0. The molecular weight excluding hydrogens is 532 g/mol. The Morgan fingerprint density at radius 2 is 1.93 bits per heavy atom. The maximum Gasteiger partial charge on any atom is 0.350 e. The quantitative estimate of drug-likeness (QED) is 0.376. The van der Waals surface area contributed by atoms with Gasteiger partial charge < -0.3 is 24.6 Å². The molecule has 4 N–H and O–H groups in total. The summed E-state index contributed by atoms with van der Waals surface area (Å²) in [7, 11) is 0. The van der Waals surface area contributed by atoms with Crippen LogP contribution in [0.5, 0.6) is 5.95 Å². The first-order chi connectivity index (χ1) is 20.0. The molecule has 3 aromatic rings. The lowest BCUT2D eigenvalue weighted by molar-refractivity contribution is -0.137. The van der Waals surface area contributed by atoms with Crippen molar-refractivity contribution >= 4 is 41.2 Å². The highest BCUT2D eigenvalue weighted by atomic mass is 16.5. The first-order valence-electron chi connectivity index (χ1n) is 14.3. The molecule has 0 saturated carbocycles. The van der Waals surface area contributed by atoms with Crippen molar-refractivity contribution in [3.05, 3.63) is 83.2 Å². The van der Waals surface area contributed by atoms with Crippen LogP contribution in [0.3, 0.4) is 0 Å². The fourth-order valence-corrected chi connectivity index (χ4v) is 6.69. The molecule has 6 heterocycles. The standard InChI is InChI=1S/C33H34N4O5/c1-7-18-14(3)21-11-23-16(5)20(9-10-27(38)39)30(36-23)29-31-28(32(40)42-33(29)41)17(6)24(37-31)13-26-19(8-2)15(4)22(35-26)12-25(18)34-21/h7,11-12,16,20,34-35,40H,1,8-10,13H2,2-6H3,(H,38,39)/t16-,20-/m1/s1. The van der Waals surface area contributed by atoms with Gasteiger partial charge in [-0.2, -0.15) is 0 Å². The monoisotopic (exact) mass is 566 g/mol. The van der Waals surface area contributed by atoms with Gasteiger partial charge in [-0.25, -0.2) is 4.79 Å². The van der Waals surface area contributed by atoms with E-state index in [0.29, 0.717) is 28.7 Å². The average molecular weight is 567 g/mol. The van der Waals surface area contributed by atoms with Gasteiger partial charge in [0.05, 0.1) is 22.3 Å². The Morgan fingerprint density at radius 1 is 1.17 bits per heavy atom. The van der Waals surface area contributed by atoms with Crippen molar-refractivity contribution in [2.24, 2.45) is 21.8 Å². The van der Waals surface area contributed by atoms with Crippen molar-refractivity contribution in [1.82, 2.24) is 9.97 Å². The van der Waals surface area contributed by atoms with Gasteiger partial charge in [-0.05, 0) is 68.0 Å². The van der Waals surface area contributed by atoms with Crippen LogP contribution in [0, 0.1) is 25.7 Å². The normalized spacial score (nSPS) is 18.9. The van der Waals surface area contributed by atoms with Gasteiger partial charge in [0.2, 0.25) is 0 Å². The Bertz CT molecular complexity index is 2080. The van der Waals surface area contributed by atoms with E-state index in [1.807, 2.05) is 32.9 Å². The minimum atomic E-state index is -0.923. The van der Waals surface area contributed by atoms with E-state index in [-0.39, 0.29) is 29.9 Å². The molecule has 8 bridgehead atoms. The van der Waals surface area contributed by atoms with E-state index in [9.17, 15) is 19.8 Å². The number of nitrogens with one attached hydrogen (secondary N) is 2. The van der Waals surface area contributed by atoms with Crippen LogP contribution >= 0.6 is 0 Å². The number of carboxylic acids is 1. The van der Waals surface area contributed by atoms with Crippen LogP contribution in [0.25, 0.3) is 29.5 Å². The van der Waals surface area contributed by atoms with Crippen LogP contribution < -0.4 is 26.9 Å². The summed E-state index contributed by atoms with van der Waals surface area (Å²) in [6.07, 6.45) is 7.39. The number of aromatic nitrogens is 2. The smallest absolute Gasteiger partial charge is 0.350 e. The largest absolute Gasteiger partial charge is 0.481 e. The van der Waals surface area contributed by atoms with Crippen LogP contribution in [-0.4, -0.2) is 31.9 Å². The van der Waals surface area contributed by atoms with Crippen molar-refractivity contribution in [3.63, 3.8) is 0 Å². The summed E-state index contributed by atoms with van der Waals surface area (Å²) < 4.78 is 5.37. The predicted octanol–water partition coefficient (Wildman–Crippen LogP) is 2.73. The Labute approximate surface area is 241 Å². The summed E-state index contributed by atoms with van der Waals surface area (Å²) >= 11 is 0. The zero-order valence-corrected chi connectivity index (χ0v) is 24.4.